The lowest BCUT2D eigenvalue weighted by Crippen LogP contribution is -2.41. The van der Waals surface area contributed by atoms with E-state index >= 15 is 0 Å². The van der Waals surface area contributed by atoms with Crippen molar-refractivity contribution in [2.75, 3.05) is 13.1 Å². The zero-order valence-corrected chi connectivity index (χ0v) is 19.1. The van der Waals surface area contributed by atoms with Crippen LogP contribution in [-0.4, -0.2) is 37.0 Å². The molecule has 164 valence electrons. The maximum Gasteiger partial charge on any atom is 0.294 e. The summed E-state index contributed by atoms with van der Waals surface area (Å²) in [6.45, 7) is 6.74. The maximum absolute atomic E-state index is 10.5. The van der Waals surface area contributed by atoms with E-state index in [0.717, 1.165) is 17.5 Å². The second-order valence-corrected chi connectivity index (χ2v) is 10.2. The van der Waals surface area contributed by atoms with Crippen molar-refractivity contribution in [1.82, 2.24) is 4.90 Å². The van der Waals surface area contributed by atoms with E-state index in [-0.39, 0.29) is 4.90 Å². The number of hydrogen-bond donors (Lipinski definition) is 1. The molecule has 1 aliphatic carbocycles. The van der Waals surface area contributed by atoms with Crippen LogP contribution in [0.5, 0.6) is 0 Å². The molecule has 30 heavy (non-hydrogen) atoms. The highest BCUT2D eigenvalue weighted by atomic mass is 32.2. The third-order valence-electron chi connectivity index (χ3n) is 6.47. The molecule has 4 nitrogen and oxygen atoms in total. The fraction of sp³-hybridized carbons (Fsp3) is 0.520. The fourth-order valence-electron chi connectivity index (χ4n) is 4.61. The summed E-state index contributed by atoms with van der Waals surface area (Å²) in [6, 6.07) is 16.1. The molecule has 0 atom stereocenters. The lowest BCUT2D eigenvalue weighted by molar-refractivity contribution is 0.125. The van der Waals surface area contributed by atoms with E-state index in [0.29, 0.717) is 0 Å². The van der Waals surface area contributed by atoms with E-state index in [9.17, 15) is 8.42 Å². The summed E-state index contributed by atoms with van der Waals surface area (Å²) in [4.78, 5) is 2.71. The number of likely N-dealkylation sites (tertiary alicyclic amines) is 1. The van der Waals surface area contributed by atoms with Gasteiger partial charge in [-0.15, -0.1) is 0 Å². The molecule has 0 amide bonds. The highest BCUT2D eigenvalue weighted by Crippen LogP contribution is 2.35. The van der Waals surface area contributed by atoms with Crippen LogP contribution in [0, 0.1) is 13.8 Å². The van der Waals surface area contributed by atoms with Crippen LogP contribution in [0.3, 0.4) is 0 Å². The van der Waals surface area contributed by atoms with E-state index in [1.165, 1.54) is 75.7 Å². The Kier molecular flexibility index (Phi) is 8.09. The summed E-state index contributed by atoms with van der Waals surface area (Å²) in [5, 5.41) is 0. The van der Waals surface area contributed by atoms with Gasteiger partial charge in [-0.05, 0) is 89.1 Å². The van der Waals surface area contributed by atoms with Crippen LogP contribution < -0.4 is 0 Å². The molecule has 1 saturated carbocycles. The molecule has 0 radical (unpaired) electrons. The molecule has 1 saturated heterocycles. The van der Waals surface area contributed by atoms with Gasteiger partial charge in [-0.3, -0.25) is 4.55 Å². The van der Waals surface area contributed by atoms with Crippen LogP contribution >= 0.6 is 0 Å². The summed E-state index contributed by atoms with van der Waals surface area (Å²) in [5.41, 5.74) is 3.91. The summed E-state index contributed by atoms with van der Waals surface area (Å²) in [5.74, 6) is 0.821. The van der Waals surface area contributed by atoms with Gasteiger partial charge in [0.2, 0.25) is 0 Å². The van der Waals surface area contributed by atoms with Gasteiger partial charge in [0.1, 0.15) is 0 Å². The SMILES string of the molecule is Cc1ccc(C2CCC(N3CCCCC3)CC2)cc1.Cc1ccc(S(=O)(=O)O)cc1. The predicted octanol–water partition coefficient (Wildman–Crippen LogP) is 5.75. The second kappa shape index (κ2) is 10.6. The van der Waals surface area contributed by atoms with Crippen molar-refractivity contribution in [2.45, 2.75) is 75.6 Å². The average Bonchev–Trinajstić information content (AvgIpc) is 2.75. The van der Waals surface area contributed by atoms with Gasteiger partial charge in [-0.2, -0.15) is 8.42 Å². The third kappa shape index (κ3) is 6.66. The van der Waals surface area contributed by atoms with E-state index in [1.54, 1.807) is 17.7 Å². The third-order valence-corrected chi connectivity index (χ3v) is 7.34. The van der Waals surface area contributed by atoms with Gasteiger partial charge in [0.15, 0.2) is 0 Å². The van der Waals surface area contributed by atoms with Crippen LogP contribution in [0.15, 0.2) is 53.4 Å². The molecule has 5 heteroatoms. The molecule has 1 aliphatic heterocycles. The van der Waals surface area contributed by atoms with Crippen molar-refractivity contribution in [2.24, 2.45) is 0 Å². The highest BCUT2D eigenvalue weighted by molar-refractivity contribution is 7.85. The monoisotopic (exact) mass is 429 g/mol. The van der Waals surface area contributed by atoms with Gasteiger partial charge in [-0.25, -0.2) is 0 Å². The number of hydrogen-bond acceptors (Lipinski definition) is 3. The Labute approximate surface area is 182 Å². The van der Waals surface area contributed by atoms with E-state index in [1.807, 2.05) is 6.92 Å². The Morgan fingerprint density at radius 1 is 0.767 bits per heavy atom. The van der Waals surface area contributed by atoms with Crippen LogP contribution in [0.4, 0.5) is 0 Å². The smallest absolute Gasteiger partial charge is 0.294 e. The second-order valence-electron chi connectivity index (χ2n) is 8.80. The normalized spacial score (nSPS) is 22.8. The quantitative estimate of drug-likeness (QED) is 0.631. The van der Waals surface area contributed by atoms with E-state index in [4.69, 9.17) is 4.55 Å². The Hall–Kier alpha value is -1.69. The number of aryl methyl sites for hydroxylation is 2. The lowest BCUT2D eigenvalue weighted by atomic mass is 9.80. The first kappa shape index (κ1) is 23.0. The Balaban J connectivity index is 0.000000199. The average molecular weight is 430 g/mol. The number of rotatable bonds is 3. The molecule has 1 N–H and O–H groups in total. The number of nitrogens with zero attached hydrogens (tertiary/aromatic N) is 1. The fourth-order valence-corrected chi connectivity index (χ4v) is 5.09. The van der Waals surface area contributed by atoms with Gasteiger partial charge in [0.25, 0.3) is 10.1 Å². The van der Waals surface area contributed by atoms with E-state index in [2.05, 4.69) is 36.1 Å². The van der Waals surface area contributed by atoms with Crippen molar-refractivity contribution < 1.29 is 13.0 Å². The maximum atomic E-state index is 10.5. The molecule has 2 aromatic rings. The van der Waals surface area contributed by atoms with Crippen molar-refractivity contribution in [3.05, 3.63) is 65.2 Å². The van der Waals surface area contributed by atoms with Crippen molar-refractivity contribution in [1.29, 1.82) is 0 Å². The predicted molar refractivity (Wildman–Crippen MR) is 123 cm³/mol. The molecule has 4 rings (SSSR count). The van der Waals surface area contributed by atoms with Crippen molar-refractivity contribution in [3.8, 4) is 0 Å². The molecule has 2 fully saturated rings. The van der Waals surface area contributed by atoms with Gasteiger partial charge < -0.3 is 4.90 Å². The summed E-state index contributed by atoms with van der Waals surface area (Å²) in [7, 11) is -4.02. The zero-order valence-electron chi connectivity index (χ0n) is 18.3. The molecule has 1 heterocycles. The minimum Gasteiger partial charge on any atom is -0.300 e. The van der Waals surface area contributed by atoms with Gasteiger partial charge in [0, 0.05) is 6.04 Å². The minimum absolute atomic E-state index is 0.0666. The molecular formula is C25H35NO3S. The van der Waals surface area contributed by atoms with Crippen LogP contribution in [0.25, 0.3) is 0 Å². The lowest BCUT2D eigenvalue weighted by Gasteiger charge is -2.39. The topological polar surface area (TPSA) is 57.6 Å². The van der Waals surface area contributed by atoms with Gasteiger partial charge >= 0.3 is 0 Å². The summed E-state index contributed by atoms with van der Waals surface area (Å²) >= 11 is 0. The molecule has 0 bridgehead atoms. The minimum atomic E-state index is -4.02. The van der Waals surface area contributed by atoms with Crippen molar-refractivity contribution in [3.63, 3.8) is 0 Å². The van der Waals surface area contributed by atoms with E-state index < -0.39 is 10.1 Å². The Morgan fingerprint density at radius 2 is 1.27 bits per heavy atom. The number of benzene rings is 2. The first-order chi connectivity index (χ1) is 14.3. The molecule has 2 aromatic carbocycles. The molecule has 0 spiro atoms. The van der Waals surface area contributed by atoms with Crippen LogP contribution in [0.2, 0.25) is 0 Å². The molecule has 0 aromatic heterocycles. The summed E-state index contributed by atoms with van der Waals surface area (Å²) in [6.07, 6.45) is 9.93. The first-order valence-electron chi connectivity index (χ1n) is 11.2. The summed E-state index contributed by atoms with van der Waals surface area (Å²) < 4.78 is 29.6. The Morgan fingerprint density at radius 3 is 1.77 bits per heavy atom. The van der Waals surface area contributed by atoms with Gasteiger partial charge in [0.05, 0.1) is 4.90 Å². The zero-order chi connectivity index (χ0) is 21.6. The molecule has 2 aliphatic rings. The Bertz CT molecular complexity index is 877. The van der Waals surface area contributed by atoms with Crippen LogP contribution in [0.1, 0.15) is 67.6 Å². The largest absolute Gasteiger partial charge is 0.300 e. The highest BCUT2D eigenvalue weighted by Gasteiger charge is 2.27. The van der Waals surface area contributed by atoms with Crippen molar-refractivity contribution >= 4 is 10.1 Å². The van der Waals surface area contributed by atoms with Crippen LogP contribution in [-0.2, 0) is 10.1 Å². The molecule has 0 unspecified atom stereocenters. The first-order valence-corrected chi connectivity index (χ1v) is 12.6. The molecular weight excluding hydrogens is 394 g/mol. The standard InChI is InChI=1S/C18H27N.C7H8O3S/c1-15-5-7-16(8-6-15)17-9-11-18(12-10-17)19-13-3-2-4-14-19;1-6-2-4-7(5-3-6)11(8,9)10/h5-8,17-18H,2-4,9-14H2,1H3;2-5H,1H3,(H,8,9,10). The van der Waals surface area contributed by atoms with Gasteiger partial charge in [-0.1, -0.05) is 53.9 Å². The number of piperidine rings is 1.